The van der Waals surface area contributed by atoms with Gasteiger partial charge in [-0.2, -0.15) is 5.10 Å². The number of nitrogens with one attached hydrogen (secondary N) is 1. The van der Waals surface area contributed by atoms with Crippen molar-refractivity contribution in [2.75, 3.05) is 5.01 Å². The molecule has 5 nitrogen and oxygen atoms in total. The van der Waals surface area contributed by atoms with E-state index >= 15 is 0 Å². The first-order valence-electron chi connectivity index (χ1n) is 10.5. The number of hydrogen-bond acceptors (Lipinski definition) is 4. The Morgan fingerprint density at radius 1 is 1.06 bits per heavy atom. The van der Waals surface area contributed by atoms with Crippen LogP contribution < -0.4 is 10.3 Å². The number of aliphatic imine (C=N–C) groups is 1. The molecule has 3 aliphatic rings. The largest absolute Gasteiger partial charge is 0.348 e. The van der Waals surface area contributed by atoms with Crippen molar-refractivity contribution in [1.29, 1.82) is 0 Å². The Kier molecular flexibility index (Phi) is 4.55. The molecule has 164 valence electrons. The number of carbonyl (C=O) groups is 1. The summed E-state index contributed by atoms with van der Waals surface area (Å²) in [5, 5.41) is 9.80. The van der Waals surface area contributed by atoms with Crippen molar-refractivity contribution in [3.63, 3.8) is 0 Å². The smallest absolute Gasteiger partial charge is 0.251 e. The van der Waals surface area contributed by atoms with Gasteiger partial charge in [-0.15, -0.1) is 0 Å². The van der Waals surface area contributed by atoms with Gasteiger partial charge in [0.05, 0.1) is 17.4 Å². The lowest BCUT2D eigenvalue weighted by Gasteiger charge is -2.25. The average molecular weight is 463 g/mol. The maximum Gasteiger partial charge on any atom is 0.251 e. The highest BCUT2D eigenvalue weighted by molar-refractivity contribution is 6.30. The predicted molar refractivity (Wildman–Crippen MR) is 123 cm³/mol. The fraction of sp³-hybridized carbons (Fsp3) is 0.160. The fourth-order valence-corrected chi connectivity index (χ4v) is 4.80. The molecule has 6 rings (SSSR count). The third-order valence-corrected chi connectivity index (χ3v) is 6.42. The Hall–Kier alpha value is -3.58. The molecule has 3 aromatic carbocycles. The SMILES string of the molecule is O=C1NCc2c1cccc2C1=NN(c2ccc(F)c(C3C=N3)c2)C(c2cc(F)cc(Cl)c2)C1. The number of benzene rings is 3. The van der Waals surface area contributed by atoms with E-state index in [9.17, 15) is 13.6 Å². The molecule has 0 saturated carbocycles. The summed E-state index contributed by atoms with van der Waals surface area (Å²) < 4.78 is 28.6. The molecule has 3 aromatic rings. The molecule has 3 heterocycles. The van der Waals surface area contributed by atoms with E-state index in [0.29, 0.717) is 40.4 Å². The Morgan fingerprint density at radius 2 is 1.88 bits per heavy atom. The van der Waals surface area contributed by atoms with Crippen LogP contribution in [0.1, 0.15) is 51.1 Å². The van der Waals surface area contributed by atoms with Gasteiger partial charge >= 0.3 is 0 Å². The summed E-state index contributed by atoms with van der Waals surface area (Å²) in [7, 11) is 0. The number of hydrazone groups is 1. The number of fused-ring (bicyclic) bond motifs is 1. The second-order valence-corrected chi connectivity index (χ2v) is 8.71. The Morgan fingerprint density at radius 3 is 2.67 bits per heavy atom. The molecule has 2 unspecified atom stereocenters. The Balaban J connectivity index is 1.47. The maximum absolute atomic E-state index is 14.4. The second-order valence-electron chi connectivity index (χ2n) is 8.28. The zero-order chi connectivity index (χ0) is 22.7. The van der Waals surface area contributed by atoms with Crippen LogP contribution in [0, 0.1) is 11.6 Å². The Labute approximate surface area is 193 Å². The maximum atomic E-state index is 14.4. The van der Waals surface area contributed by atoms with Crippen molar-refractivity contribution in [3.8, 4) is 0 Å². The zero-order valence-corrected chi connectivity index (χ0v) is 18.0. The first-order valence-corrected chi connectivity index (χ1v) is 10.9. The van der Waals surface area contributed by atoms with E-state index in [1.54, 1.807) is 35.5 Å². The van der Waals surface area contributed by atoms with E-state index in [-0.39, 0.29) is 23.8 Å². The first kappa shape index (κ1) is 20.1. The van der Waals surface area contributed by atoms with Crippen LogP contribution in [0.25, 0.3) is 0 Å². The second kappa shape index (κ2) is 7.49. The quantitative estimate of drug-likeness (QED) is 0.568. The minimum atomic E-state index is -0.438. The lowest BCUT2D eigenvalue weighted by molar-refractivity contribution is 0.0965. The van der Waals surface area contributed by atoms with E-state index in [0.717, 1.165) is 16.8 Å². The minimum absolute atomic E-state index is 0.108. The van der Waals surface area contributed by atoms with Crippen LogP contribution in [-0.4, -0.2) is 17.8 Å². The summed E-state index contributed by atoms with van der Waals surface area (Å²) in [5.74, 6) is -0.878. The normalized spacial score (nSPS) is 20.6. The molecule has 0 aliphatic carbocycles. The fourth-order valence-electron chi connectivity index (χ4n) is 4.57. The number of hydrogen-bond donors (Lipinski definition) is 1. The Bertz CT molecular complexity index is 1360. The minimum Gasteiger partial charge on any atom is -0.348 e. The van der Waals surface area contributed by atoms with Crippen LogP contribution >= 0.6 is 11.6 Å². The topological polar surface area (TPSA) is 57.1 Å². The summed E-state index contributed by atoms with van der Waals surface area (Å²) in [4.78, 5) is 16.2. The van der Waals surface area contributed by atoms with Gasteiger partial charge in [0.15, 0.2) is 0 Å². The molecule has 0 fully saturated rings. The molecule has 2 atom stereocenters. The highest BCUT2D eigenvalue weighted by Crippen LogP contribution is 2.40. The molecule has 1 N–H and O–H groups in total. The lowest BCUT2D eigenvalue weighted by Crippen LogP contribution is -2.19. The number of nitrogens with zero attached hydrogens (tertiary/aromatic N) is 3. The van der Waals surface area contributed by atoms with E-state index < -0.39 is 5.82 Å². The van der Waals surface area contributed by atoms with Crippen molar-refractivity contribution in [1.82, 2.24) is 5.32 Å². The first-order chi connectivity index (χ1) is 16.0. The molecular weight excluding hydrogens is 446 g/mol. The summed E-state index contributed by atoms with van der Waals surface area (Å²) in [6.45, 7) is 0.430. The molecule has 0 spiro atoms. The van der Waals surface area contributed by atoms with E-state index in [4.69, 9.17) is 16.7 Å². The molecule has 8 heteroatoms. The van der Waals surface area contributed by atoms with Gasteiger partial charge in [0, 0.05) is 40.9 Å². The molecular formula is C25H17ClF2N4O. The number of amides is 1. The standard InChI is InChI=1S/C25H17ClF2N4O/c26-14-6-13(7-15(27)8-14)24-10-22(17-2-1-3-18-20(17)11-30-25(18)33)31-32(24)16-4-5-21(28)19(9-16)23-12-29-23/h1-9,12,23-24H,10-11H2,(H,30,33). The summed E-state index contributed by atoms with van der Waals surface area (Å²) in [6.07, 6.45) is 2.15. The van der Waals surface area contributed by atoms with E-state index in [1.807, 2.05) is 12.1 Å². The van der Waals surface area contributed by atoms with Crippen LogP contribution in [0.2, 0.25) is 5.02 Å². The summed E-state index contributed by atoms with van der Waals surface area (Å²) in [5.41, 5.74) is 4.97. The van der Waals surface area contributed by atoms with Crippen LogP contribution in [-0.2, 0) is 6.54 Å². The molecule has 3 aliphatic heterocycles. The molecule has 33 heavy (non-hydrogen) atoms. The van der Waals surface area contributed by atoms with Gasteiger partial charge in [0.2, 0.25) is 0 Å². The van der Waals surface area contributed by atoms with Crippen molar-refractivity contribution in [2.45, 2.75) is 25.0 Å². The molecule has 1 amide bonds. The van der Waals surface area contributed by atoms with Gasteiger partial charge in [-0.05, 0) is 53.6 Å². The summed E-state index contributed by atoms with van der Waals surface area (Å²) in [6, 6.07) is 14.2. The molecule has 0 saturated heterocycles. The number of halogens is 3. The highest BCUT2D eigenvalue weighted by Gasteiger charge is 2.34. The van der Waals surface area contributed by atoms with Crippen LogP contribution in [0.5, 0.6) is 0 Å². The van der Waals surface area contributed by atoms with Gasteiger partial charge in [0.25, 0.3) is 5.91 Å². The number of carbonyl (C=O) groups excluding carboxylic acids is 1. The number of rotatable bonds is 4. The molecule has 0 aromatic heterocycles. The lowest BCUT2D eigenvalue weighted by atomic mass is 9.94. The van der Waals surface area contributed by atoms with Crippen LogP contribution in [0.4, 0.5) is 14.5 Å². The molecule has 0 radical (unpaired) electrons. The van der Waals surface area contributed by atoms with Gasteiger partial charge in [-0.1, -0.05) is 23.7 Å². The summed E-state index contributed by atoms with van der Waals surface area (Å²) >= 11 is 6.16. The van der Waals surface area contributed by atoms with Gasteiger partial charge in [-0.3, -0.25) is 14.8 Å². The van der Waals surface area contributed by atoms with Gasteiger partial charge in [0.1, 0.15) is 17.7 Å². The third kappa shape index (κ3) is 3.49. The van der Waals surface area contributed by atoms with Crippen molar-refractivity contribution in [2.24, 2.45) is 10.1 Å². The van der Waals surface area contributed by atoms with E-state index in [1.165, 1.54) is 18.2 Å². The van der Waals surface area contributed by atoms with Crippen molar-refractivity contribution < 1.29 is 13.6 Å². The molecule has 0 bridgehead atoms. The van der Waals surface area contributed by atoms with E-state index in [2.05, 4.69) is 10.3 Å². The zero-order valence-electron chi connectivity index (χ0n) is 17.2. The number of anilines is 1. The highest BCUT2D eigenvalue weighted by atomic mass is 35.5. The van der Waals surface area contributed by atoms with Crippen molar-refractivity contribution in [3.05, 3.63) is 99.1 Å². The van der Waals surface area contributed by atoms with Crippen molar-refractivity contribution >= 4 is 35.1 Å². The predicted octanol–water partition coefficient (Wildman–Crippen LogP) is 5.34. The van der Waals surface area contributed by atoms with Gasteiger partial charge in [-0.25, -0.2) is 8.78 Å². The van der Waals surface area contributed by atoms with Gasteiger partial charge < -0.3 is 5.32 Å². The van der Waals surface area contributed by atoms with Crippen LogP contribution in [0.3, 0.4) is 0 Å². The third-order valence-electron chi connectivity index (χ3n) is 6.20. The van der Waals surface area contributed by atoms with Crippen LogP contribution in [0.15, 0.2) is 64.7 Å². The average Bonchev–Trinajstić information content (AvgIpc) is 3.43. The monoisotopic (exact) mass is 462 g/mol.